The van der Waals surface area contributed by atoms with Crippen LogP contribution in [0.3, 0.4) is 0 Å². The van der Waals surface area contributed by atoms with E-state index >= 15 is 0 Å². The van der Waals surface area contributed by atoms with E-state index in [-0.39, 0.29) is 12.5 Å². The van der Waals surface area contributed by atoms with Crippen molar-refractivity contribution in [3.63, 3.8) is 0 Å². The minimum Gasteiger partial charge on any atom is -0.491 e. The van der Waals surface area contributed by atoms with E-state index in [2.05, 4.69) is 10.6 Å². The maximum absolute atomic E-state index is 12.0. The third kappa shape index (κ3) is 7.03. The lowest BCUT2D eigenvalue weighted by Crippen LogP contribution is -2.29. The van der Waals surface area contributed by atoms with Crippen molar-refractivity contribution in [1.29, 1.82) is 0 Å². The molecule has 1 amide bonds. The Labute approximate surface area is 153 Å². The zero-order chi connectivity index (χ0) is 17.9. The van der Waals surface area contributed by atoms with Crippen LogP contribution in [0.4, 0.5) is 5.69 Å². The van der Waals surface area contributed by atoms with Gasteiger partial charge in [-0.3, -0.25) is 4.79 Å². The third-order valence-corrected chi connectivity index (χ3v) is 3.79. The van der Waals surface area contributed by atoms with Gasteiger partial charge in [0.2, 0.25) is 5.91 Å². The van der Waals surface area contributed by atoms with Crippen LogP contribution in [0.25, 0.3) is 0 Å². The molecule has 0 bridgehead atoms. The lowest BCUT2D eigenvalue weighted by molar-refractivity contribution is -0.119. The molecule has 0 atom stereocenters. The number of rotatable bonds is 10. The summed E-state index contributed by atoms with van der Waals surface area (Å²) in [5.41, 5.74) is 1.71. The number of hydrogen-bond acceptors (Lipinski definition) is 4. The average molecular weight is 363 g/mol. The molecular formula is C19H23ClN2O3. The number of nitrogens with one attached hydrogen (secondary N) is 2. The second-order valence-corrected chi connectivity index (χ2v) is 5.70. The summed E-state index contributed by atoms with van der Waals surface area (Å²) in [6, 6.07) is 14.9. The highest BCUT2D eigenvalue weighted by Gasteiger charge is 2.04. The van der Waals surface area contributed by atoms with Crippen molar-refractivity contribution >= 4 is 23.2 Å². The highest BCUT2D eigenvalue weighted by Crippen LogP contribution is 2.17. The fourth-order valence-corrected chi connectivity index (χ4v) is 2.34. The van der Waals surface area contributed by atoms with E-state index in [1.807, 2.05) is 49.4 Å². The normalized spacial score (nSPS) is 10.3. The number of carbonyl (C=O) groups excluding carboxylic acids is 1. The molecular weight excluding hydrogens is 340 g/mol. The molecule has 2 rings (SSSR count). The third-order valence-electron chi connectivity index (χ3n) is 3.42. The van der Waals surface area contributed by atoms with Crippen molar-refractivity contribution in [2.75, 3.05) is 31.7 Å². The van der Waals surface area contributed by atoms with E-state index < -0.39 is 0 Å². The fraction of sp³-hybridized carbons (Fsp3) is 0.316. The molecule has 0 aliphatic carbocycles. The molecule has 0 heterocycles. The molecule has 0 saturated heterocycles. The molecule has 0 spiro atoms. The summed E-state index contributed by atoms with van der Waals surface area (Å²) >= 11 is 6.07. The van der Waals surface area contributed by atoms with E-state index in [0.717, 1.165) is 17.0 Å². The molecule has 0 radical (unpaired) electrons. The van der Waals surface area contributed by atoms with Gasteiger partial charge in [0.15, 0.2) is 0 Å². The predicted molar refractivity (Wildman–Crippen MR) is 100 cm³/mol. The lowest BCUT2D eigenvalue weighted by atomic mass is 10.2. The van der Waals surface area contributed by atoms with Gasteiger partial charge in [-0.05, 0) is 30.7 Å². The van der Waals surface area contributed by atoms with Crippen LogP contribution in [-0.4, -0.2) is 32.3 Å². The van der Waals surface area contributed by atoms with Gasteiger partial charge in [0.05, 0.1) is 13.2 Å². The van der Waals surface area contributed by atoms with Crippen LogP contribution in [0, 0.1) is 0 Å². The second-order valence-electron chi connectivity index (χ2n) is 5.29. The van der Waals surface area contributed by atoms with E-state index in [0.29, 0.717) is 31.4 Å². The summed E-state index contributed by atoms with van der Waals surface area (Å²) < 4.78 is 10.8. The highest BCUT2D eigenvalue weighted by atomic mass is 35.5. The molecule has 0 fully saturated rings. The van der Waals surface area contributed by atoms with Crippen LogP contribution in [0.15, 0.2) is 48.5 Å². The van der Waals surface area contributed by atoms with E-state index in [1.165, 1.54) is 0 Å². The smallest absolute Gasteiger partial charge is 0.239 e. The second kappa shape index (κ2) is 10.6. The molecule has 0 unspecified atom stereocenters. The van der Waals surface area contributed by atoms with Crippen molar-refractivity contribution in [2.45, 2.75) is 13.5 Å². The molecule has 2 aromatic carbocycles. The Kier molecular flexibility index (Phi) is 8.09. The van der Waals surface area contributed by atoms with Crippen molar-refractivity contribution in [3.8, 4) is 5.75 Å². The summed E-state index contributed by atoms with van der Waals surface area (Å²) in [6.45, 7) is 4.25. The largest absolute Gasteiger partial charge is 0.491 e. The van der Waals surface area contributed by atoms with Crippen LogP contribution in [0.1, 0.15) is 12.5 Å². The molecule has 2 N–H and O–H groups in total. The molecule has 0 aliphatic heterocycles. The average Bonchev–Trinajstić information content (AvgIpc) is 2.63. The first-order chi connectivity index (χ1) is 12.2. The van der Waals surface area contributed by atoms with E-state index in [9.17, 15) is 4.79 Å². The van der Waals surface area contributed by atoms with E-state index in [4.69, 9.17) is 21.1 Å². The molecule has 0 saturated carbocycles. The first kappa shape index (κ1) is 19.1. The summed E-state index contributed by atoms with van der Waals surface area (Å²) in [5, 5.41) is 6.57. The Morgan fingerprint density at radius 3 is 2.76 bits per heavy atom. The molecule has 6 heteroatoms. The standard InChI is InChI=1S/C19H23ClN2O3/c1-2-24-10-11-25-17-8-5-7-16(12-17)21-14-19(23)22-13-15-6-3-4-9-18(15)20/h3-9,12,21H,2,10-11,13-14H2,1H3,(H,22,23). The fourth-order valence-electron chi connectivity index (χ4n) is 2.14. The first-order valence-corrected chi connectivity index (χ1v) is 8.61. The first-order valence-electron chi connectivity index (χ1n) is 8.23. The molecule has 5 nitrogen and oxygen atoms in total. The maximum Gasteiger partial charge on any atom is 0.239 e. The number of carbonyl (C=O) groups is 1. The van der Waals surface area contributed by atoms with Gasteiger partial charge in [-0.25, -0.2) is 0 Å². The topological polar surface area (TPSA) is 59.6 Å². The molecule has 134 valence electrons. The van der Waals surface area contributed by atoms with Gasteiger partial charge >= 0.3 is 0 Å². The Morgan fingerprint density at radius 2 is 1.96 bits per heavy atom. The molecule has 0 aromatic heterocycles. The monoisotopic (exact) mass is 362 g/mol. The summed E-state index contributed by atoms with van der Waals surface area (Å²) in [7, 11) is 0. The minimum absolute atomic E-state index is 0.109. The number of anilines is 1. The van der Waals surface area contributed by atoms with Crippen LogP contribution in [-0.2, 0) is 16.1 Å². The Hall–Kier alpha value is -2.24. The number of amides is 1. The van der Waals surface area contributed by atoms with Crippen LogP contribution < -0.4 is 15.4 Å². The van der Waals surface area contributed by atoms with Gasteiger partial charge in [-0.1, -0.05) is 35.9 Å². The minimum atomic E-state index is -0.109. The predicted octanol–water partition coefficient (Wildman–Crippen LogP) is 3.48. The van der Waals surface area contributed by atoms with Gasteiger partial charge < -0.3 is 20.1 Å². The van der Waals surface area contributed by atoms with Crippen LogP contribution >= 0.6 is 11.6 Å². The molecule has 25 heavy (non-hydrogen) atoms. The number of halogens is 1. The number of benzene rings is 2. The van der Waals surface area contributed by atoms with Crippen molar-refractivity contribution < 1.29 is 14.3 Å². The van der Waals surface area contributed by atoms with Gasteiger partial charge in [0.1, 0.15) is 12.4 Å². The highest BCUT2D eigenvalue weighted by molar-refractivity contribution is 6.31. The molecule has 0 aliphatic rings. The maximum atomic E-state index is 12.0. The Bertz CT molecular complexity index is 679. The summed E-state index contributed by atoms with van der Waals surface area (Å²) in [4.78, 5) is 12.0. The van der Waals surface area contributed by atoms with Crippen LogP contribution in [0.2, 0.25) is 5.02 Å². The van der Waals surface area contributed by atoms with Crippen molar-refractivity contribution in [2.24, 2.45) is 0 Å². The molecule has 2 aromatic rings. The van der Waals surface area contributed by atoms with Crippen LogP contribution in [0.5, 0.6) is 5.75 Å². The summed E-state index contributed by atoms with van der Waals surface area (Å²) in [6.07, 6.45) is 0. The van der Waals surface area contributed by atoms with Crippen molar-refractivity contribution in [3.05, 3.63) is 59.1 Å². The quantitative estimate of drug-likeness (QED) is 0.635. The Balaban J connectivity index is 1.74. The van der Waals surface area contributed by atoms with E-state index in [1.54, 1.807) is 6.07 Å². The Morgan fingerprint density at radius 1 is 1.12 bits per heavy atom. The summed E-state index contributed by atoms with van der Waals surface area (Å²) in [5.74, 6) is 0.628. The van der Waals surface area contributed by atoms with Crippen molar-refractivity contribution in [1.82, 2.24) is 5.32 Å². The van der Waals surface area contributed by atoms with Gasteiger partial charge in [0.25, 0.3) is 0 Å². The zero-order valence-electron chi connectivity index (χ0n) is 14.3. The zero-order valence-corrected chi connectivity index (χ0v) is 15.0. The number of hydrogen-bond donors (Lipinski definition) is 2. The van der Waals surface area contributed by atoms with Gasteiger partial charge in [-0.2, -0.15) is 0 Å². The lowest BCUT2D eigenvalue weighted by Gasteiger charge is -2.11. The SMILES string of the molecule is CCOCCOc1cccc(NCC(=O)NCc2ccccc2Cl)c1. The van der Waals surface area contributed by atoms with Gasteiger partial charge in [-0.15, -0.1) is 0 Å². The van der Waals surface area contributed by atoms with Gasteiger partial charge in [0, 0.05) is 29.9 Å². The number of ether oxygens (including phenoxy) is 2.